The third-order valence-electron chi connectivity index (χ3n) is 2.58. The SMILES string of the molecule is CCOc1cccc(C(=O)c2ccc(Br)cc2Cl)c1. The van der Waals surface area contributed by atoms with Gasteiger partial charge in [0.05, 0.1) is 11.6 Å². The fraction of sp³-hybridized carbons (Fsp3) is 0.133. The maximum Gasteiger partial charge on any atom is 0.194 e. The van der Waals surface area contributed by atoms with E-state index in [1.54, 1.807) is 36.4 Å². The standard InChI is InChI=1S/C15H12BrClO2/c1-2-19-12-5-3-4-10(8-12)15(18)13-7-6-11(16)9-14(13)17/h3-9H,2H2,1H3. The van der Waals surface area contributed by atoms with Gasteiger partial charge in [0, 0.05) is 15.6 Å². The van der Waals surface area contributed by atoms with Gasteiger partial charge in [-0.3, -0.25) is 4.79 Å². The van der Waals surface area contributed by atoms with Crippen LogP contribution in [-0.4, -0.2) is 12.4 Å². The van der Waals surface area contributed by atoms with Crippen LogP contribution in [0.1, 0.15) is 22.8 Å². The summed E-state index contributed by atoms with van der Waals surface area (Å²) in [5.41, 5.74) is 1.05. The number of carbonyl (C=O) groups excluding carboxylic acids is 1. The third-order valence-corrected chi connectivity index (χ3v) is 3.39. The van der Waals surface area contributed by atoms with Gasteiger partial charge in [-0.15, -0.1) is 0 Å². The number of ether oxygens (including phenoxy) is 1. The number of rotatable bonds is 4. The van der Waals surface area contributed by atoms with Crippen molar-refractivity contribution in [2.45, 2.75) is 6.92 Å². The summed E-state index contributed by atoms with van der Waals surface area (Å²) < 4.78 is 6.23. The molecule has 0 atom stereocenters. The van der Waals surface area contributed by atoms with Crippen molar-refractivity contribution >= 4 is 33.3 Å². The van der Waals surface area contributed by atoms with Gasteiger partial charge < -0.3 is 4.74 Å². The van der Waals surface area contributed by atoms with Crippen molar-refractivity contribution in [2.24, 2.45) is 0 Å². The molecule has 0 aromatic heterocycles. The molecule has 2 rings (SSSR count). The first-order valence-electron chi connectivity index (χ1n) is 5.84. The Bertz CT molecular complexity index is 611. The Balaban J connectivity index is 2.35. The second-order valence-corrected chi connectivity index (χ2v) is 5.24. The van der Waals surface area contributed by atoms with Crippen molar-refractivity contribution in [3.8, 4) is 5.75 Å². The van der Waals surface area contributed by atoms with Crippen LogP contribution in [0.15, 0.2) is 46.9 Å². The Morgan fingerprint density at radius 2 is 2.05 bits per heavy atom. The van der Waals surface area contributed by atoms with Crippen molar-refractivity contribution in [2.75, 3.05) is 6.61 Å². The summed E-state index contributed by atoms with van der Waals surface area (Å²) in [6, 6.07) is 12.3. The van der Waals surface area contributed by atoms with Crippen LogP contribution in [0.4, 0.5) is 0 Å². The molecule has 0 saturated carbocycles. The minimum absolute atomic E-state index is 0.112. The zero-order valence-corrected chi connectivity index (χ0v) is 12.7. The molecule has 2 nitrogen and oxygen atoms in total. The average molecular weight is 340 g/mol. The lowest BCUT2D eigenvalue weighted by molar-refractivity contribution is 0.103. The van der Waals surface area contributed by atoms with E-state index in [0.717, 1.165) is 4.47 Å². The van der Waals surface area contributed by atoms with Gasteiger partial charge in [-0.05, 0) is 37.3 Å². The molecule has 0 aliphatic carbocycles. The van der Waals surface area contributed by atoms with Gasteiger partial charge in [0.1, 0.15) is 5.75 Å². The lowest BCUT2D eigenvalue weighted by Crippen LogP contribution is -2.03. The number of halogens is 2. The summed E-state index contributed by atoms with van der Waals surface area (Å²) >= 11 is 9.41. The minimum atomic E-state index is -0.112. The molecule has 0 heterocycles. The lowest BCUT2D eigenvalue weighted by atomic mass is 10.0. The van der Waals surface area contributed by atoms with E-state index in [2.05, 4.69) is 15.9 Å². The predicted molar refractivity (Wildman–Crippen MR) is 80.2 cm³/mol. The van der Waals surface area contributed by atoms with E-state index < -0.39 is 0 Å². The Morgan fingerprint density at radius 3 is 2.74 bits per heavy atom. The summed E-state index contributed by atoms with van der Waals surface area (Å²) in [6.45, 7) is 2.47. The molecule has 4 heteroatoms. The van der Waals surface area contributed by atoms with Gasteiger partial charge in [0.2, 0.25) is 0 Å². The molecule has 0 fully saturated rings. The van der Waals surface area contributed by atoms with Crippen molar-refractivity contribution in [1.82, 2.24) is 0 Å². The van der Waals surface area contributed by atoms with E-state index in [1.807, 2.05) is 13.0 Å². The summed E-state index contributed by atoms with van der Waals surface area (Å²) in [5, 5.41) is 0.432. The van der Waals surface area contributed by atoms with Gasteiger partial charge in [-0.1, -0.05) is 39.7 Å². The largest absolute Gasteiger partial charge is 0.494 e. The van der Waals surface area contributed by atoms with Gasteiger partial charge in [0.25, 0.3) is 0 Å². The van der Waals surface area contributed by atoms with Crippen LogP contribution in [0.3, 0.4) is 0 Å². The summed E-state index contributed by atoms with van der Waals surface area (Å²) in [6.07, 6.45) is 0. The highest BCUT2D eigenvalue weighted by molar-refractivity contribution is 9.10. The molecule has 0 aliphatic heterocycles. The molecule has 0 radical (unpaired) electrons. The number of benzene rings is 2. The Kier molecular flexibility index (Phi) is 4.61. The maximum absolute atomic E-state index is 12.4. The molecule has 2 aromatic rings. The van der Waals surface area contributed by atoms with Crippen LogP contribution < -0.4 is 4.74 Å². The topological polar surface area (TPSA) is 26.3 Å². The quantitative estimate of drug-likeness (QED) is 0.753. The molecule has 0 saturated heterocycles. The predicted octanol–water partition coefficient (Wildman–Crippen LogP) is 4.73. The van der Waals surface area contributed by atoms with Gasteiger partial charge >= 0.3 is 0 Å². The molecule has 98 valence electrons. The highest BCUT2D eigenvalue weighted by atomic mass is 79.9. The summed E-state index contributed by atoms with van der Waals surface area (Å²) in [4.78, 5) is 12.4. The van der Waals surface area contributed by atoms with Crippen molar-refractivity contribution in [1.29, 1.82) is 0 Å². The lowest BCUT2D eigenvalue weighted by Gasteiger charge is -2.07. The zero-order chi connectivity index (χ0) is 13.8. The molecular weight excluding hydrogens is 328 g/mol. The van der Waals surface area contributed by atoms with Gasteiger partial charge in [0.15, 0.2) is 5.78 Å². The normalized spacial score (nSPS) is 10.3. The van der Waals surface area contributed by atoms with E-state index in [-0.39, 0.29) is 5.78 Å². The number of hydrogen-bond acceptors (Lipinski definition) is 2. The van der Waals surface area contributed by atoms with Crippen molar-refractivity contribution in [3.05, 3.63) is 63.1 Å². The number of ketones is 1. The van der Waals surface area contributed by atoms with Gasteiger partial charge in [-0.2, -0.15) is 0 Å². The van der Waals surface area contributed by atoms with E-state index in [1.165, 1.54) is 0 Å². The minimum Gasteiger partial charge on any atom is -0.494 e. The Labute approximate surface area is 125 Å². The molecule has 0 spiro atoms. The van der Waals surface area contributed by atoms with Crippen LogP contribution in [0, 0.1) is 0 Å². The van der Waals surface area contributed by atoms with E-state index in [9.17, 15) is 4.79 Å². The van der Waals surface area contributed by atoms with Crippen molar-refractivity contribution in [3.63, 3.8) is 0 Å². The first-order valence-corrected chi connectivity index (χ1v) is 7.01. The van der Waals surface area contributed by atoms with Gasteiger partial charge in [-0.25, -0.2) is 0 Å². The third kappa shape index (κ3) is 3.37. The van der Waals surface area contributed by atoms with Crippen LogP contribution in [0.5, 0.6) is 5.75 Å². The van der Waals surface area contributed by atoms with Crippen LogP contribution >= 0.6 is 27.5 Å². The molecule has 19 heavy (non-hydrogen) atoms. The molecule has 0 N–H and O–H groups in total. The average Bonchev–Trinajstić information content (AvgIpc) is 2.39. The summed E-state index contributed by atoms with van der Waals surface area (Å²) in [7, 11) is 0. The monoisotopic (exact) mass is 338 g/mol. The number of hydrogen-bond donors (Lipinski definition) is 0. The van der Waals surface area contributed by atoms with Crippen LogP contribution in [0.2, 0.25) is 5.02 Å². The maximum atomic E-state index is 12.4. The second-order valence-electron chi connectivity index (χ2n) is 3.91. The fourth-order valence-electron chi connectivity index (χ4n) is 1.72. The molecule has 0 aliphatic rings. The summed E-state index contributed by atoms with van der Waals surface area (Å²) in [5.74, 6) is 0.570. The van der Waals surface area contributed by atoms with E-state index >= 15 is 0 Å². The Morgan fingerprint density at radius 1 is 1.26 bits per heavy atom. The molecular formula is C15H12BrClO2. The highest BCUT2D eigenvalue weighted by Crippen LogP contribution is 2.25. The second kappa shape index (κ2) is 6.22. The fourth-order valence-corrected chi connectivity index (χ4v) is 2.48. The Hall–Kier alpha value is -1.32. The van der Waals surface area contributed by atoms with Crippen molar-refractivity contribution < 1.29 is 9.53 Å². The van der Waals surface area contributed by atoms with E-state index in [4.69, 9.17) is 16.3 Å². The van der Waals surface area contributed by atoms with Crippen LogP contribution in [0.25, 0.3) is 0 Å². The van der Waals surface area contributed by atoms with E-state index in [0.29, 0.717) is 28.5 Å². The zero-order valence-electron chi connectivity index (χ0n) is 10.3. The molecule has 2 aromatic carbocycles. The van der Waals surface area contributed by atoms with Crippen LogP contribution in [-0.2, 0) is 0 Å². The first-order chi connectivity index (χ1) is 9.11. The first kappa shape index (κ1) is 14.1. The highest BCUT2D eigenvalue weighted by Gasteiger charge is 2.13. The molecule has 0 unspecified atom stereocenters. The smallest absolute Gasteiger partial charge is 0.194 e. The molecule has 0 amide bonds. The molecule has 0 bridgehead atoms. The number of carbonyl (C=O) groups is 1.